The number of aliphatic hydroxyl groups excluding tert-OH is 1. The van der Waals surface area contributed by atoms with Gasteiger partial charge in [0.15, 0.2) is 0 Å². The summed E-state index contributed by atoms with van der Waals surface area (Å²) in [7, 11) is 0. The van der Waals surface area contributed by atoms with Crippen molar-refractivity contribution >= 4 is 39.1 Å². The fourth-order valence-electron chi connectivity index (χ4n) is 3.70. The molecule has 0 unspecified atom stereocenters. The molecule has 29 heavy (non-hydrogen) atoms. The highest BCUT2D eigenvalue weighted by molar-refractivity contribution is 7.19. The van der Waals surface area contributed by atoms with E-state index in [0.717, 1.165) is 37.5 Å². The molecule has 0 bridgehead atoms. The number of thiophene rings is 1. The molecule has 2 aromatic heterocycles. The van der Waals surface area contributed by atoms with E-state index in [0.29, 0.717) is 18.1 Å². The van der Waals surface area contributed by atoms with Gasteiger partial charge in [-0.05, 0) is 36.8 Å². The maximum Gasteiger partial charge on any atom is 0.217 e. The van der Waals surface area contributed by atoms with Crippen LogP contribution in [-0.2, 0) is 11.4 Å². The third kappa shape index (κ3) is 4.09. The number of rotatable bonds is 5. The number of benzene rings is 1. The predicted molar refractivity (Wildman–Crippen MR) is 116 cm³/mol. The molecule has 1 aliphatic heterocycles. The van der Waals surface area contributed by atoms with Crippen LogP contribution in [0.3, 0.4) is 0 Å². The Bertz CT molecular complexity index is 1070. The lowest BCUT2D eigenvalue weighted by Crippen LogP contribution is -2.44. The summed E-state index contributed by atoms with van der Waals surface area (Å²) in [6.45, 7) is 4.76. The van der Waals surface area contributed by atoms with Crippen LogP contribution in [0.2, 0.25) is 5.02 Å². The Kier molecular flexibility index (Phi) is 5.74. The Morgan fingerprint density at radius 3 is 2.97 bits per heavy atom. The molecular formula is C21H22ClN3O3S. The van der Waals surface area contributed by atoms with E-state index in [2.05, 4.69) is 15.6 Å². The van der Waals surface area contributed by atoms with Gasteiger partial charge in [-0.1, -0.05) is 11.6 Å². The number of aromatic nitrogens is 1. The third-order valence-corrected chi connectivity index (χ3v) is 6.33. The highest BCUT2D eigenvalue weighted by atomic mass is 35.5. The number of carbonyl (C=O) groups excluding carboxylic acids is 1. The number of nitrogens with one attached hydrogen (secondary N) is 2. The van der Waals surface area contributed by atoms with Crippen molar-refractivity contribution in [3.8, 4) is 16.9 Å². The van der Waals surface area contributed by atoms with Crippen molar-refractivity contribution in [3.63, 3.8) is 0 Å². The van der Waals surface area contributed by atoms with Crippen molar-refractivity contribution in [2.24, 2.45) is 0 Å². The first-order chi connectivity index (χ1) is 14.0. The molecule has 3 heterocycles. The maximum absolute atomic E-state index is 11.5. The zero-order valence-electron chi connectivity index (χ0n) is 16.2. The van der Waals surface area contributed by atoms with Gasteiger partial charge in [-0.15, -0.1) is 11.3 Å². The first-order valence-electron chi connectivity index (χ1n) is 9.39. The molecular weight excluding hydrogens is 410 g/mol. The van der Waals surface area contributed by atoms with Crippen LogP contribution in [0.4, 0.5) is 0 Å². The van der Waals surface area contributed by atoms with Gasteiger partial charge in [0.2, 0.25) is 5.91 Å². The number of carbonyl (C=O) groups is 1. The van der Waals surface area contributed by atoms with E-state index in [4.69, 9.17) is 16.3 Å². The van der Waals surface area contributed by atoms with Gasteiger partial charge >= 0.3 is 0 Å². The Morgan fingerprint density at radius 2 is 2.21 bits per heavy atom. The lowest BCUT2D eigenvalue weighted by atomic mass is 10.0. The molecule has 8 heteroatoms. The van der Waals surface area contributed by atoms with Crippen LogP contribution in [0, 0.1) is 6.92 Å². The molecule has 6 nitrogen and oxygen atoms in total. The standard InChI is InChI=1S/C21H22ClN3O3S/c1-11-5-13(22)6-16(15-3-4-24-17-7-14(10-26)29-21(15)17)20(11)28-19-9-23-8-18(19)25-12(2)27/h3-7,18-19,23,26H,8-10H2,1-2H3,(H,25,27)/t18-,19+/m0/s1. The van der Waals surface area contributed by atoms with E-state index in [-0.39, 0.29) is 24.7 Å². The number of nitrogens with zero attached hydrogens (tertiary/aromatic N) is 1. The summed E-state index contributed by atoms with van der Waals surface area (Å²) in [6.07, 6.45) is 1.56. The lowest BCUT2D eigenvalue weighted by Gasteiger charge is -2.24. The van der Waals surface area contributed by atoms with E-state index in [1.54, 1.807) is 6.20 Å². The van der Waals surface area contributed by atoms with E-state index in [1.165, 1.54) is 18.3 Å². The Hall–Kier alpha value is -2.19. The van der Waals surface area contributed by atoms with Gasteiger partial charge in [-0.3, -0.25) is 9.78 Å². The Morgan fingerprint density at radius 1 is 1.38 bits per heavy atom. The average Bonchev–Trinajstić information content (AvgIpc) is 3.29. The molecule has 1 aliphatic rings. The summed E-state index contributed by atoms with van der Waals surface area (Å²) in [4.78, 5) is 16.8. The maximum atomic E-state index is 11.5. The molecule has 0 saturated carbocycles. The van der Waals surface area contributed by atoms with Gasteiger partial charge < -0.3 is 20.5 Å². The van der Waals surface area contributed by atoms with E-state index in [1.807, 2.05) is 31.2 Å². The number of ether oxygens (including phenoxy) is 1. The van der Waals surface area contributed by atoms with Crippen molar-refractivity contribution in [1.82, 2.24) is 15.6 Å². The van der Waals surface area contributed by atoms with Crippen LogP contribution >= 0.6 is 22.9 Å². The topological polar surface area (TPSA) is 83.5 Å². The van der Waals surface area contributed by atoms with Crippen LogP contribution in [0.15, 0.2) is 30.5 Å². The summed E-state index contributed by atoms with van der Waals surface area (Å²) < 4.78 is 7.42. The summed E-state index contributed by atoms with van der Waals surface area (Å²) in [5, 5.41) is 16.4. The van der Waals surface area contributed by atoms with Crippen molar-refractivity contribution in [1.29, 1.82) is 0 Å². The predicted octanol–water partition coefficient (Wildman–Crippen LogP) is 3.27. The normalized spacial score (nSPS) is 18.9. The van der Waals surface area contributed by atoms with Gasteiger partial charge in [0, 0.05) is 47.2 Å². The third-order valence-electron chi connectivity index (χ3n) is 4.96. The quantitative estimate of drug-likeness (QED) is 0.577. The summed E-state index contributed by atoms with van der Waals surface area (Å²) >= 11 is 7.90. The summed E-state index contributed by atoms with van der Waals surface area (Å²) in [5.74, 6) is 0.663. The number of fused-ring (bicyclic) bond motifs is 1. The largest absolute Gasteiger partial charge is 0.486 e. The highest BCUT2D eigenvalue weighted by Crippen LogP contribution is 2.41. The van der Waals surface area contributed by atoms with E-state index in [9.17, 15) is 9.90 Å². The average molecular weight is 432 g/mol. The van der Waals surface area contributed by atoms with Crippen molar-refractivity contribution < 1.29 is 14.6 Å². The number of amides is 1. The Labute approximate surface area is 177 Å². The molecule has 1 fully saturated rings. The summed E-state index contributed by atoms with van der Waals surface area (Å²) in [5.41, 5.74) is 3.59. The second-order valence-corrected chi connectivity index (χ2v) is 8.74. The SMILES string of the molecule is CC(=O)N[C@H]1CNC[C@H]1Oc1c(C)cc(Cl)cc1-c1ccnc2cc(CO)sc12. The van der Waals surface area contributed by atoms with Crippen molar-refractivity contribution in [3.05, 3.63) is 45.9 Å². The molecule has 0 spiro atoms. The van der Waals surface area contributed by atoms with Crippen LogP contribution in [0.5, 0.6) is 5.75 Å². The molecule has 1 saturated heterocycles. The van der Waals surface area contributed by atoms with Gasteiger partial charge in [0.05, 0.1) is 22.9 Å². The minimum absolute atomic E-state index is 0.0233. The highest BCUT2D eigenvalue weighted by Gasteiger charge is 2.31. The first-order valence-corrected chi connectivity index (χ1v) is 10.6. The molecule has 1 aromatic carbocycles. The van der Waals surface area contributed by atoms with Gasteiger partial charge in [-0.25, -0.2) is 0 Å². The molecule has 0 aliphatic carbocycles. The fraction of sp³-hybridized carbons (Fsp3) is 0.333. The fourth-order valence-corrected chi connectivity index (χ4v) is 4.97. The molecule has 2 atom stereocenters. The number of aryl methyl sites for hydroxylation is 1. The second kappa shape index (κ2) is 8.28. The van der Waals surface area contributed by atoms with Crippen LogP contribution in [-0.4, -0.2) is 41.2 Å². The zero-order valence-corrected chi connectivity index (χ0v) is 17.7. The molecule has 4 rings (SSSR count). The van der Waals surface area contributed by atoms with Gasteiger partial charge in [-0.2, -0.15) is 0 Å². The number of hydrogen-bond donors (Lipinski definition) is 3. The molecule has 3 aromatic rings. The van der Waals surface area contributed by atoms with Crippen LogP contribution in [0.1, 0.15) is 17.4 Å². The number of halogens is 1. The molecule has 0 radical (unpaired) electrons. The van der Waals surface area contributed by atoms with Crippen LogP contribution in [0.25, 0.3) is 21.3 Å². The van der Waals surface area contributed by atoms with E-state index >= 15 is 0 Å². The smallest absolute Gasteiger partial charge is 0.217 e. The number of hydrogen-bond acceptors (Lipinski definition) is 6. The zero-order chi connectivity index (χ0) is 20.5. The minimum Gasteiger partial charge on any atom is -0.486 e. The lowest BCUT2D eigenvalue weighted by molar-refractivity contribution is -0.120. The van der Waals surface area contributed by atoms with Crippen molar-refractivity contribution in [2.45, 2.75) is 32.6 Å². The molecule has 3 N–H and O–H groups in total. The van der Waals surface area contributed by atoms with Gasteiger partial charge in [0.25, 0.3) is 0 Å². The number of pyridine rings is 1. The minimum atomic E-state index is -0.189. The van der Waals surface area contributed by atoms with E-state index < -0.39 is 0 Å². The second-order valence-electron chi connectivity index (χ2n) is 7.16. The monoisotopic (exact) mass is 431 g/mol. The molecule has 152 valence electrons. The van der Waals surface area contributed by atoms with Crippen LogP contribution < -0.4 is 15.4 Å². The molecule has 1 amide bonds. The Balaban J connectivity index is 1.79. The summed E-state index contributed by atoms with van der Waals surface area (Å²) in [6, 6.07) is 7.51. The first kappa shape index (κ1) is 20.1. The van der Waals surface area contributed by atoms with Gasteiger partial charge in [0.1, 0.15) is 11.9 Å². The van der Waals surface area contributed by atoms with Crippen molar-refractivity contribution in [2.75, 3.05) is 13.1 Å². The number of aliphatic hydroxyl groups is 1.